The summed E-state index contributed by atoms with van der Waals surface area (Å²) in [6.07, 6.45) is 0. The van der Waals surface area contributed by atoms with Gasteiger partial charge >= 0.3 is 0 Å². The molecule has 0 atom stereocenters. The van der Waals surface area contributed by atoms with Gasteiger partial charge in [-0.2, -0.15) is 0 Å². The Morgan fingerprint density at radius 2 is 1.42 bits per heavy atom. The number of rotatable bonds is 3. The Bertz CT molecular complexity index is 1280. The number of nitrogens with zero attached hydrogens (tertiary/aromatic N) is 3. The summed E-state index contributed by atoms with van der Waals surface area (Å²) < 4.78 is 1.95. The first-order valence-corrected chi connectivity index (χ1v) is 10.4. The average Bonchev–Trinajstić information content (AvgIpc) is 2.82. The van der Waals surface area contributed by atoms with Crippen molar-refractivity contribution in [2.45, 2.75) is 6.54 Å². The first kappa shape index (κ1) is 19.2. The molecule has 31 heavy (non-hydrogen) atoms. The van der Waals surface area contributed by atoms with Crippen LogP contribution in [0, 0.1) is 0 Å². The van der Waals surface area contributed by atoms with E-state index in [-0.39, 0.29) is 23.6 Å². The lowest BCUT2D eigenvalue weighted by molar-refractivity contribution is -0.132. The van der Waals surface area contributed by atoms with Crippen molar-refractivity contribution in [1.29, 1.82) is 0 Å². The van der Waals surface area contributed by atoms with E-state index in [1.165, 1.54) is 0 Å². The number of pyridine rings is 1. The number of hydrogen-bond donors (Lipinski definition) is 1. The van der Waals surface area contributed by atoms with Gasteiger partial charge < -0.3 is 19.5 Å². The van der Waals surface area contributed by atoms with Crippen LogP contribution >= 0.6 is 0 Å². The van der Waals surface area contributed by atoms with Crippen molar-refractivity contribution in [1.82, 2.24) is 9.47 Å². The van der Waals surface area contributed by atoms with Crippen molar-refractivity contribution in [2.75, 3.05) is 31.1 Å². The van der Waals surface area contributed by atoms with Gasteiger partial charge in [-0.3, -0.25) is 9.59 Å². The third-order valence-corrected chi connectivity index (χ3v) is 6.00. The molecule has 1 N–H and O–H groups in total. The molecule has 3 aromatic carbocycles. The second-order valence-corrected chi connectivity index (χ2v) is 7.84. The van der Waals surface area contributed by atoms with Crippen LogP contribution in [-0.4, -0.2) is 46.7 Å². The van der Waals surface area contributed by atoms with Gasteiger partial charge in [0.2, 0.25) is 5.91 Å². The van der Waals surface area contributed by atoms with Crippen LogP contribution in [-0.2, 0) is 11.3 Å². The SMILES string of the molecule is O=C(Cn1c2ccccc2c(=O)c2ccccc21)N1CCN(c2cccc(O)c2)CC1. The van der Waals surface area contributed by atoms with E-state index in [0.29, 0.717) is 37.0 Å². The molecule has 6 nitrogen and oxygen atoms in total. The van der Waals surface area contributed by atoms with Crippen LogP contribution in [0.1, 0.15) is 0 Å². The first-order valence-electron chi connectivity index (χ1n) is 10.4. The minimum Gasteiger partial charge on any atom is -0.508 e. The van der Waals surface area contributed by atoms with Crippen molar-refractivity contribution < 1.29 is 9.90 Å². The fourth-order valence-electron chi connectivity index (χ4n) is 4.39. The van der Waals surface area contributed by atoms with E-state index in [4.69, 9.17) is 0 Å². The van der Waals surface area contributed by atoms with Gasteiger partial charge in [0.25, 0.3) is 0 Å². The van der Waals surface area contributed by atoms with Crippen LogP contribution in [0.15, 0.2) is 77.6 Å². The van der Waals surface area contributed by atoms with E-state index in [1.54, 1.807) is 12.1 Å². The zero-order valence-electron chi connectivity index (χ0n) is 17.1. The second kappa shape index (κ2) is 7.80. The van der Waals surface area contributed by atoms with E-state index in [9.17, 15) is 14.7 Å². The topological polar surface area (TPSA) is 65.8 Å². The number of phenols is 1. The average molecular weight is 413 g/mol. The molecule has 1 aromatic heterocycles. The Morgan fingerprint density at radius 3 is 2.03 bits per heavy atom. The highest BCUT2D eigenvalue weighted by molar-refractivity contribution is 5.94. The normalized spacial score (nSPS) is 14.3. The summed E-state index contributed by atoms with van der Waals surface area (Å²) in [7, 11) is 0. The van der Waals surface area contributed by atoms with Gasteiger partial charge in [-0.25, -0.2) is 0 Å². The first-order chi connectivity index (χ1) is 15.1. The molecule has 0 bridgehead atoms. The number of hydrogen-bond acceptors (Lipinski definition) is 4. The highest BCUT2D eigenvalue weighted by atomic mass is 16.3. The maximum absolute atomic E-state index is 13.2. The number of aromatic nitrogens is 1. The van der Waals surface area contributed by atoms with E-state index in [2.05, 4.69) is 4.90 Å². The zero-order chi connectivity index (χ0) is 21.4. The summed E-state index contributed by atoms with van der Waals surface area (Å²) in [6.45, 7) is 2.84. The molecule has 2 heterocycles. The predicted octanol–water partition coefficient (Wildman–Crippen LogP) is 3.21. The number of benzene rings is 3. The molecule has 1 fully saturated rings. The maximum Gasteiger partial charge on any atom is 0.242 e. The second-order valence-electron chi connectivity index (χ2n) is 7.84. The fourth-order valence-corrected chi connectivity index (χ4v) is 4.39. The van der Waals surface area contributed by atoms with Gasteiger partial charge in [0.15, 0.2) is 5.43 Å². The van der Waals surface area contributed by atoms with Crippen LogP contribution in [0.3, 0.4) is 0 Å². The van der Waals surface area contributed by atoms with Crippen molar-refractivity contribution in [3.8, 4) is 5.75 Å². The smallest absolute Gasteiger partial charge is 0.242 e. The van der Waals surface area contributed by atoms with Crippen LogP contribution in [0.4, 0.5) is 5.69 Å². The summed E-state index contributed by atoms with van der Waals surface area (Å²) in [5, 5.41) is 11.0. The Morgan fingerprint density at radius 1 is 0.806 bits per heavy atom. The van der Waals surface area contributed by atoms with Crippen LogP contribution in [0.25, 0.3) is 21.8 Å². The molecule has 1 aliphatic rings. The van der Waals surface area contributed by atoms with E-state index < -0.39 is 0 Å². The summed E-state index contributed by atoms with van der Waals surface area (Å²) in [5.41, 5.74) is 2.51. The summed E-state index contributed by atoms with van der Waals surface area (Å²) >= 11 is 0. The van der Waals surface area contributed by atoms with E-state index >= 15 is 0 Å². The van der Waals surface area contributed by atoms with Crippen LogP contribution < -0.4 is 10.3 Å². The molecular weight excluding hydrogens is 390 g/mol. The van der Waals surface area contributed by atoms with Crippen molar-refractivity contribution in [2.24, 2.45) is 0 Å². The minimum absolute atomic E-state index is 0.00497. The molecule has 0 radical (unpaired) electrons. The molecular formula is C25H23N3O3. The number of anilines is 1. The summed E-state index contributed by atoms with van der Waals surface area (Å²) in [6, 6.07) is 22.1. The number of carbonyl (C=O) groups excluding carboxylic acids is 1. The van der Waals surface area contributed by atoms with Gasteiger partial charge in [-0.15, -0.1) is 0 Å². The number of aromatic hydroxyl groups is 1. The molecule has 1 amide bonds. The highest BCUT2D eigenvalue weighted by Crippen LogP contribution is 2.22. The van der Waals surface area contributed by atoms with Crippen molar-refractivity contribution >= 4 is 33.4 Å². The van der Waals surface area contributed by atoms with E-state index in [1.807, 2.05) is 70.1 Å². The molecule has 0 spiro atoms. The Kier molecular flexibility index (Phi) is 4.82. The monoisotopic (exact) mass is 413 g/mol. The summed E-state index contributed by atoms with van der Waals surface area (Å²) in [5.74, 6) is 0.280. The Labute approximate surface area is 179 Å². The van der Waals surface area contributed by atoms with Crippen molar-refractivity contribution in [3.05, 3.63) is 83.0 Å². The molecule has 156 valence electrons. The predicted molar refractivity (Wildman–Crippen MR) is 123 cm³/mol. The Balaban J connectivity index is 1.41. The zero-order valence-corrected chi connectivity index (χ0v) is 17.1. The standard InChI is InChI=1S/C25H23N3O3/c29-19-7-5-6-18(16-19)26-12-14-27(15-13-26)24(30)17-28-22-10-3-1-8-20(22)25(31)21-9-2-4-11-23(21)28/h1-11,16,29H,12-15,17H2. The highest BCUT2D eigenvalue weighted by Gasteiger charge is 2.22. The molecule has 0 saturated carbocycles. The van der Waals surface area contributed by atoms with Gasteiger partial charge in [0, 0.05) is 48.7 Å². The Hall–Kier alpha value is -3.80. The maximum atomic E-state index is 13.2. The number of fused-ring (bicyclic) bond motifs is 2. The third kappa shape index (κ3) is 3.50. The lowest BCUT2D eigenvalue weighted by Crippen LogP contribution is -2.49. The minimum atomic E-state index is -0.00497. The van der Waals surface area contributed by atoms with Gasteiger partial charge in [0.1, 0.15) is 12.3 Å². The molecule has 5 rings (SSSR count). The number of phenolic OH excluding ortho intramolecular Hbond substituents is 1. The molecule has 0 aliphatic carbocycles. The third-order valence-electron chi connectivity index (χ3n) is 6.00. The number of piperazine rings is 1. The van der Waals surface area contributed by atoms with Crippen molar-refractivity contribution in [3.63, 3.8) is 0 Å². The van der Waals surface area contributed by atoms with Crippen LogP contribution in [0.2, 0.25) is 0 Å². The molecule has 1 saturated heterocycles. The summed E-state index contributed by atoms with van der Waals surface area (Å²) in [4.78, 5) is 30.1. The number of carbonyl (C=O) groups is 1. The molecule has 1 aliphatic heterocycles. The fraction of sp³-hybridized carbons (Fsp3) is 0.200. The van der Waals surface area contributed by atoms with Gasteiger partial charge in [0.05, 0.1) is 11.0 Å². The van der Waals surface area contributed by atoms with Gasteiger partial charge in [-0.1, -0.05) is 30.3 Å². The number of para-hydroxylation sites is 2. The van der Waals surface area contributed by atoms with Crippen LogP contribution in [0.5, 0.6) is 5.75 Å². The molecule has 6 heteroatoms. The van der Waals surface area contributed by atoms with E-state index in [0.717, 1.165) is 16.7 Å². The largest absolute Gasteiger partial charge is 0.508 e. The lowest BCUT2D eigenvalue weighted by atomic mass is 10.1. The lowest BCUT2D eigenvalue weighted by Gasteiger charge is -2.36. The number of amides is 1. The van der Waals surface area contributed by atoms with Gasteiger partial charge in [-0.05, 0) is 36.4 Å². The molecule has 0 unspecified atom stereocenters. The molecule has 4 aromatic rings. The quantitative estimate of drug-likeness (QED) is 0.524.